The van der Waals surface area contributed by atoms with Crippen LogP contribution in [0.5, 0.6) is 11.5 Å². The first-order valence-corrected chi connectivity index (χ1v) is 5.74. The highest BCUT2D eigenvalue weighted by Crippen LogP contribution is 2.18. The number of benzene rings is 1. The van der Waals surface area contributed by atoms with E-state index in [9.17, 15) is 9.59 Å². The smallest absolute Gasteiger partial charge is 0.347 e. The molecule has 1 aromatic rings. The van der Waals surface area contributed by atoms with E-state index in [2.05, 4.69) is 0 Å². The third-order valence-electron chi connectivity index (χ3n) is 2.40. The minimum absolute atomic E-state index is 0.497. The van der Waals surface area contributed by atoms with Crippen LogP contribution in [-0.4, -0.2) is 31.2 Å². The van der Waals surface area contributed by atoms with Crippen LogP contribution in [0.1, 0.15) is 13.8 Å². The van der Waals surface area contributed by atoms with Gasteiger partial charge in [0, 0.05) is 0 Å². The monoisotopic (exact) mass is 267 g/mol. The second-order valence-electron chi connectivity index (χ2n) is 3.92. The first-order valence-electron chi connectivity index (χ1n) is 5.74. The number of esters is 1. The molecule has 0 saturated carbocycles. The van der Waals surface area contributed by atoms with E-state index < -0.39 is 24.1 Å². The van der Waals surface area contributed by atoms with Gasteiger partial charge in [-0.05, 0) is 38.1 Å². The Morgan fingerprint density at radius 3 is 2.05 bits per heavy atom. The van der Waals surface area contributed by atoms with Crippen molar-refractivity contribution in [3.05, 3.63) is 24.3 Å². The van der Waals surface area contributed by atoms with Crippen molar-refractivity contribution in [1.82, 2.24) is 0 Å². The topological polar surface area (TPSA) is 87.8 Å². The molecule has 0 bridgehead atoms. The SMILES string of the molecule is COc1ccc(OC(C)C(=O)OC(C)C(N)=O)cc1. The Balaban J connectivity index is 2.55. The van der Waals surface area contributed by atoms with E-state index in [4.69, 9.17) is 19.9 Å². The first-order chi connectivity index (χ1) is 8.93. The fraction of sp³-hybridized carbons (Fsp3) is 0.385. The van der Waals surface area contributed by atoms with Crippen molar-refractivity contribution in [2.24, 2.45) is 5.73 Å². The highest BCUT2D eigenvalue weighted by molar-refractivity contribution is 5.83. The van der Waals surface area contributed by atoms with Gasteiger partial charge in [0.05, 0.1) is 7.11 Å². The Morgan fingerprint density at radius 2 is 1.58 bits per heavy atom. The van der Waals surface area contributed by atoms with Crippen LogP contribution in [0.3, 0.4) is 0 Å². The van der Waals surface area contributed by atoms with E-state index in [1.54, 1.807) is 31.4 Å². The quantitative estimate of drug-likeness (QED) is 0.773. The Kier molecular flexibility index (Phi) is 5.17. The maximum atomic E-state index is 11.6. The second-order valence-corrected chi connectivity index (χ2v) is 3.92. The number of nitrogens with two attached hydrogens (primary N) is 1. The molecule has 6 heteroatoms. The summed E-state index contributed by atoms with van der Waals surface area (Å²) in [5, 5.41) is 0. The van der Waals surface area contributed by atoms with Gasteiger partial charge in [-0.2, -0.15) is 0 Å². The van der Waals surface area contributed by atoms with Crippen LogP contribution in [-0.2, 0) is 14.3 Å². The molecule has 104 valence electrons. The van der Waals surface area contributed by atoms with Crippen LogP contribution >= 0.6 is 0 Å². The maximum Gasteiger partial charge on any atom is 0.347 e. The lowest BCUT2D eigenvalue weighted by molar-refractivity contribution is -0.159. The Bertz CT molecular complexity index is 443. The number of rotatable bonds is 6. The number of methoxy groups -OCH3 is 1. The fourth-order valence-electron chi connectivity index (χ4n) is 1.23. The van der Waals surface area contributed by atoms with Crippen molar-refractivity contribution in [3.63, 3.8) is 0 Å². The minimum Gasteiger partial charge on any atom is -0.497 e. The molecule has 2 atom stereocenters. The molecule has 0 aliphatic heterocycles. The lowest BCUT2D eigenvalue weighted by Gasteiger charge is -2.16. The molecule has 19 heavy (non-hydrogen) atoms. The summed E-state index contributed by atoms with van der Waals surface area (Å²) in [7, 11) is 1.56. The summed E-state index contributed by atoms with van der Waals surface area (Å²) in [6.45, 7) is 2.93. The van der Waals surface area contributed by atoms with Gasteiger partial charge >= 0.3 is 5.97 Å². The average Bonchev–Trinajstić information content (AvgIpc) is 2.39. The maximum absolute atomic E-state index is 11.6. The zero-order chi connectivity index (χ0) is 14.4. The number of carbonyl (C=O) groups excluding carboxylic acids is 2. The van der Waals surface area contributed by atoms with Crippen molar-refractivity contribution >= 4 is 11.9 Å². The summed E-state index contributed by atoms with van der Waals surface area (Å²) in [4.78, 5) is 22.4. The normalized spacial score (nSPS) is 13.2. The van der Waals surface area contributed by atoms with E-state index in [-0.39, 0.29) is 0 Å². The van der Waals surface area contributed by atoms with Gasteiger partial charge in [0.1, 0.15) is 11.5 Å². The summed E-state index contributed by atoms with van der Waals surface area (Å²) in [6.07, 6.45) is -1.82. The van der Waals surface area contributed by atoms with E-state index in [1.165, 1.54) is 13.8 Å². The summed E-state index contributed by atoms with van der Waals surface area (Å²) < 4.78 is 15.2. The number of primary amides is 1. The van der Waals surface area contributed by atoms with E-state index in [1.807, 2.05) is 0 Å². The van der Waals surface area contributed by atoms with Gasteiger partial charge in [0.25, 0.3) is 5.91 Å². The molecular weight excluding hydrogens is 250 g/mol. The van der Waals surface area contributed by atoms with Crippen LogP contribution in [0, 0.1) is 0 Å². The number of hydrogen-bond acceptors (Lipinski definition) is 5. The molecule has 0 spiro atoms. The Morgan fingerprint density at radius 1 is 1.05 bits per heavy atom. The van der Waals surface area contributed by atoms with Crippen LogP contribution in [0.2, 0.25) is 0 Å². The lowest BCUT2D eigenvalue weighted by Crippen LogP contribution is -2.35. The standard InChI is InChI=1S/C13H17NO5/c1-8(12(14)15)19-13(16)9(2)18-11-6-4-10(17-3)5-7-11/h4-9H,1-3H3,(H2,14,15). The molecule has 0 fully saturated rings. The number of amides is 1. The zero-order valence-electron chi connectivity index (χ0n) is 11.1. The predicted octanol–water partition coefficient (Wildman–Crippen LogP) is 0.879. The molecule has 1 amide bonds. The highest BCUT2D eigenvalue weighted by Gasteiger charge is 2.21. The van der Waals surface area contributed by atoms with Gasteiger partial charge in [-0.25, -0.2) is 4.79 Å². The van der Waals surface area contributed by atoms with Gasteiger partial charge in [-0.15, -0.1) is 0 Å². The van der Waals surface area contributed by atoms with E-state index in [0.717, 1.165) is 0 Å². The summed E-state index contributed by atoms with van der Waals surface area (Å²) in [5.41, 5.74) is 5.00. The largest absolute Gasteiger partial charge is 0.497 e. The fourth-order valence-corrected chi connectivity index (χ4v) is 1.23. The molecule has 0 aliphatic carbocycles. The predicted molar refractivity (Wildman–Crippen MR) is 67.8 cm³/mol. The Labute approximate surface area is 111 Å². The molecular formula is C13H17NO5. The Hall–Kier alpha value is -2.24. The third kappa shape index (κ3) is 4.50. The molecule has 1 rings (SSSR count). The molecule has 6 nitrogen and oxygen atoms in total. The van der Waals surface area contributed by atoms with Gasteiger partial charge in [0.2, 0.25) is 0 Å². The van der Waals surface area contributed by atoms with Crippen molar-refractivity contribution in [1.29, 1.82) is 0 Å². The van der Waals surface area contributed by atoms with E-state index in [0.29, 0.717) is 11.5 Å². The molecule has 0 heterocycles. The first kappa shape index (κ1) is 14.8. The molecule has 0 aromatic heterocycles. The molecule has 2 unspecified atom stereocenters. The third-order valence-corrected chi connectivity index (χ3v) is 2.40. The minimum atomic E-state index is -0.977. The van der Waals surface area contributed by atoms with Gasteiger partial charge in [-0.1, -0.05) is 0 Å². The number of ether oxygens (including phenoxy) is 3. The van der Waals surface area contributed by atoms with Crippen LogP contribution in [0.25, 0.3) is 0 Å². The average molecular weight is 267 g/mol. The summed E-state index contributed by atoms with van der Waals surface area (Å²) in [5.74, 6) is -0.172. The molecule has 0 saturated heterocycles. The number of carbonyl (C=O) groups is 2. The van der Waals surface area contributed by atoms with Crippen LogP contribution in [0.4, 0.5) is 0 Å². The number of hydrogen-bond donors (Lipinski definition) is 1. The second kappa shape index (κ2) is 6.63. The van der Waals surface area contributed by atoms with Gasteiger partial charge in [-0.3, -0.25) is 4.79 Å². The van der Waals surface area contributed by atoms with Gasteiger partial charge in [0.15, 0.2) is 12.2 Å². The van der Waals surface area contributed by atoms with Crippen molar-refractivity contribution in [2.75, 3.05) is 7.11 Å². The van der Waals surface area contributed by atoms with Gasteiger partial charge < -0.3 is 19.9 Å². The summed E-state index contributed by atoms with van der Waals surface area (Å²) in [6, 6.07) is 6.75. The van der Waals surface area contributed by atoms with Crippen molar-refractivity contribution < 1.29 is 23.8 Å². The lowest BCUT2D eigenvalue weighted by atomic mass is 10.3. The molecule has 0 aliphatic rings. The molecule has 1 aromatic carbocycles. The van der Waals surface area contributed by atoms with Crippen molar-refractivity contribution in [3.8, 4) is 11.5 Å². The summed E-state index contributed by atoms with van der Waals surface area (Å²) >= 11 is 0. The highest BCUT2D eigenvalue weighted by atomic mass is 16.6. The zero-order valence-corrected chi connectivity index (χ0v) is 11.1. The van der Waals surface area contributed by atoms with E-state index >= 15 is 0 Å². The molecule has 0 radical (unpaired) electrons. The van der Waals surface area contributed by atoms with Crippen LogP contribution < -0.4 is 15.2 Å². The molecule has 2 N–H and O–H groups in total. The van der Waals surface area contributed by atoms with Crippen LogP contribution in [0.15, 0.2) is 24.3 Å². The van der Waals surface area contributed by atoms with Crippen molar-refractivity contribution in [2.45, 2.75) is 26.1 Å².